The topological polar surface area (TPSA) is 77.3 Å². The molecule has 6 nitrogen and oxygen atoms in total. The molecule has 7 heteroatoms. The number of thiophene rings is 1. The lowest BCUT2D eigenvalue weighted by atomic mass is 9.82. The number of benzene rings is 8. The smallest absolute Gasteiger partial charge is 0.164 e. The van der Waals surface area contributed by atoms with Crippen molar-refractivity contribution < 1.29 is 0 Å². The summed E-state index contributed by atoms with van der Waals surface area (Å²) in [5, 5.41) is 2.45. The monoisotopic (exact) mass is 910 g/mol. The largest absolute Gasteiger partial charge is 0.208 e. The molecule has 0 bridgehead atoms. The summed E-state index contributed by atoms with van der Waals surface area (Å²) < 4.78 is 2.41. The van der Waals surface area contributed by atoms with Gasteiger partial charge < -0.3 is 0 Å². The van der Waals surface area contributed by atoms with E-state index in [1.165, 1.54) is 31.3 Å². The Morgan fingerprint density at radius 2 is 0.536 bits per heavy atom. The number of aromatic nitrogens is 6. The zero-order chi connectivity index (χ0) is 47.3. The Kier molecular flexibility index (Phi) is 11.1. The van der Waals surface area contributed by atoms with Gasteiger partial charge in [-0.05, 0) is 57.3 Å². The third kappa shape index (κ3) is 8.51. The van der Waals surface area contributed by atoms with Crippen molar-refractivity contribution in [1.82, 2.24) is 29.9 Å². The standard InChI is InChI=1S/C62H50N6S/c1-61(2,3)43-35-49(45-31-19-21-33-47(45)59-65-55(39-23-11-7-12-24-39)63-56(66-59)40-25-13-8-14-26-40)53-51(37-43)52-38-44(62(4,5)6)36-50(54(52)69-53)46-32-20-22-34-48(46)60-67-57(41-27-15-9-16-28-41)64-58(68-60)42-29-17-10-18-30-42/h7-38H,1-6H3. The molecule has 0 aliphatic carbocycles. The average molecular weight is 911 g/mol. The van der Waals surface area contributed by atoms with E-state index in [0.29, 0.717) is 34.9 Å². The third-order valence-electron chi connectivity index (χ3n) is 12.7. The summed E-state index contributed by atoms with van der Waals surface area (Å²) in [6.07, 6.45) is 0. The molecule has 69 heavy (non-hydrogen) atoms. The van der Waals surface area contributed by atoms with E-state index in [9.17, 15) is 0 Å². The first-order valence-electron chi connectivity index (χ1n) is 23.4. The van der Waals surface area contributed by atoms with Crippen LogP contribution in [0.15, 0.2) is 194 Å². The highest BCUT2D eigenvalue weighted by Crippen LogP contribution is 2.50. The fraction of sp³-hybridized carbons (Fsp3) is 0.129. The Balaban J connectivity index is 1.17. The third-order valence-corrected chi connectivity index (χ3v) is 14.0. The lowest BCUT2D eigenvalue weighted by molar-refractivity contribution is 0.590. The summed E-state index contributed by atoms with van der Waals surface area (Å²) in [6, 6.07) is 67.5. The van der Waals surface area contributed by atoms with Crippen molar-refractivity contribution in [3.05, 3.63) is 205 Å². The van der Waals surface area contributed by atoms with Gasteiger partial charge in [0.1, 0.15) is 0 Å². The summed E-state index contributed by atoms with van der Waals surface area (Å²) in [5.41, 5.74) is 12.2. The molecule has 0 saturated carbocycles. The average Bonchev–Trinajstić information content (AvgIpc) is 3.77. The molecule has 0 spiro atoms. The van der Waals surface area contributed by atoms with Gasteiger partial charge in [-0.25, -0.2) is 29.9 Å². The van der Waals surface area contributed by atoms with Gasteiger partial charge in [-0.2, -0.15) is 0 Å². The predicted molar refractivity (Wildman–Crippen MR) is 287 cm³/mol. The second-order valence-corrected chi connectivity index (χ2v) is 20.6. The van der Waals surface area contributed by atoms with Gasteiger partial charge in [0.25, 0.3) is 0 Å². The van der Waals surface area contributed by atoms with Crippen LogP contribution in [0.1, 0.15) is 52.7 Å². The van der Waals surface area contributed by atoms with Crippen LogP contribution in [0.25, 0.3) is 111 Å². The number of hydrogen-bond donors (Lipinski definition) is 0. The highest BCUT2D eigenvalue weighted by Gasteiger charge is 2.26. The van der Waals surface area contributed by atoms with Gasteiger partial charge >= 0.3 is 0 Å². The van der Waals surface area contributed by atoms with Crippen LogP contribution < -0.4 is 0 Å². The van der Waals surface area contributed by atoms with Crippen LogP contribution in [0.3, 0.4) is 0 Å². The summed E-state index contributed by atoms with van der Waals surface area (Å²) in [5.74, 6) is 3.78. The van der Waals surface area contributed by atoms with Crippen LogP contribution >= 0.6 is 11.3 Å². The van der Waals surface area contributed by atoms with E-state index >= 15 is 0 Å². The summed E-state index contributed by atoms with van der Waals surface area (Å²) >= 11 is 1.84. The van der Waals surface area contributed by atoms with E-state index in [1.807, 2.05) is 84.1 Å². The predicted octanol–water partition coefficient (Wildman–Crippen LogP) is 16.4. The fourth-order valence-corrected chi connectivity index (χ4v) is 10.2. The molecule has 11 aromatic rings. The Morgan fingerprint density at radius 1 is 0.275 bits per heavy atom. The zero-order valence-corrected chi connectivity index (χ0v) is 40.4. The first-order valence-corrected chi connectivity index (χ1v) is 24.3. The van der Waals surface area contributed by atoms with Crippen molar-refractivity contribution in [1.29, 1.82) is 0 Å². The van der Waals surface area contributed by atoms with Gasteiger partial charge in [0.15, 0.2) is 34.9 Å². The second-order valence-electron chi connectivity index (χ2n) is 19.6. The maximum Gasteiger partial charge on any atom is 0.164 e. The minimum atomic E-state index is -0.150. The molecule has 0 aliphatic rings. The lowest BCUT2D eigenvalue weighted by Gasteiger charge is -2.22. The van der Waals surface area contributed by atoms with Crippen molar-refractivity contribution in [2.45, 2.75) is 52.4 Å². The molecule has 11 rings (SSSR count). The lowest BCUT2D eigenvalue weighted by Crippen LogP contribution is -2.11. The number of nitrogens with zero attached hydrogens (tertiary/aromatic N) is 6. The zero-order valence-electron chi connectivity index (χ0n) is 39.6. The molecule has 0 amide bonds. The molecule has 0 N–H and O–H groups in total. The van der Waals surface area contributed by atoms with Crippen LogP contribution in [0, 0.1) is 0 Å². The second kappa shape index (κ2) is 17.6. The first kappa shape index (κ1) is 43.6. The molecule has 8 aromatic carbocycles. The van der Waals surface area contributed by atoms with Gasteiger partial charge in [-0.1, -0.05) is 211 Å². The molecule has 0 atom stereocenters. The van der Waals surface area contributed by atoms with Crippen molar-refractivity contribution in [2.24, 2.45) is 0 Å². The van der Waals surface area contributed by atoms with Crippen LogP contribution in [0.4, 0.5) is 0 Å². The number of hydrogen-bond acceptors (Lipinski definition) is 7. The molecular weight excluding hydrogens is 861 g/mol. The molecule has 0 saturated heterocycles. The highest BCUT2D eigenvalue weighted by molar-refractivity contribution is 7.27. The molecular formula is C62H50N6S. The number of fused-ring (bicyclic) bond motifs is 3. The van der Waals surface area contributed by atoms with E-state index in [1.54, 1.807) is 0 Å². The Hall–Kier alpha value is -8.00. The Bertz CT molecular complexity index is 3310. The summed E-state index contributed by atoms with van der Waals surface area (Å²) in [6.45, 7) is 13.8. The SMILES string of the molecule is CC(C)(C)c1cc(-c2ccccc2-c2nc(-c3ccccc3)nc(-c3ccccc3)n2)c2sc3c(-c4ccccc4-c4nc(-c5ccccc5)nc(-c5ccccc5)n4)cc(C(C)(C)C)cc3c2c1. The van der Waals surface area contributed by atoms with Crippen LogP contribution in [0.2, 0.25) is 0 Å². The van der Waals surface area contributed by atoms with Gasteiger partial charge in [-0.15, -0.1) is 11.3 Å². The maximum absolute atomic E-state index is 5.23. The fourth-order valence-electron chi connectivity index (χ4n) is 8.93. The minimum absolute atomic E-state index is 0.150. The molecule has 334 valence electrons. The van der Waals surface area contributed by atoms with E-state index in [-0.39, 0.29) is 10.8 Å². The Labute approximate surface area is 407 Å². The van der Waals surface area contributed by atoms with Crippen molar-refractivity contribution in [2.75, 3.05) is 0 Å². The quantitative estimate of drug-likeness (QED) is 0.151. The van der Waals surface area contributed by atoms with E-state index in [0.717, 1.165) is 55.6 Å². The minimum Gasteiger partial charge on any atom is -0.208 e. The van der Waals surface area contributed by atoms with E-state index < -0.39 is 0 Å². The normalized spacial score (nSPS) is 11.9. The van der Waals surface area contributed by atoms with E-state index in [4.69, 9.17) is 29.9 Å². The highest BCUT2D eigenvalue weighted by atomic mass is 32.1. The maximum atomic E-state index is 5.23. The van der Waals surface area contributed by atoms with Crippen LogP contribution in [0.5, 0.6) is 0 Å². The van der Waals surface area contributed by atoms with Gasteiger partial charge in [0, 0.05) is 64.7 Å². The van der Waals surface area contributed by atoms with Gasteiger partial charge in [0.05, 0.1) is 0 Å². The van der Waals surface area contributed by atoms with E-state index in [2.05, 4.69) is 163 Å². The van der Waals surface area contributed by atoms with Crippen molar-refractivity contribution in [3.8, 4) is 90.6 Å². The molecule has 0 radical (unpaired) electrons. The molecule has 0 aliphatic heterocycles. The molecule has 0 fully saturated rings. The summed E-state index contributed by atoms with van der Waals surface area (Å²) in [4.78, 5) is 31.0. The van der Waals surface area contributed by atoms with Gasteiger partial charge in [0.2, 0.25) is 0 Å². The first-order chi connectivity index (χ1) is 33.5. The van der Waals surface area contributed by atoms with Crippen molar-refractivity contribution >= 4 is 31.5 Å². The molecule has 0 unspecified atom stereocenters. The Morgan fingerprint density at radius 3 is 0.826 bits per heavy atom. The summed E-state index contributed by atoms with van der Waals surface area (Å²) in [7, 11) is 0. The molecule has 3 heterocycles. The number of rotatable bonds is 8. The van der Waals surface area contributed by atoms with Crippen LogP contribution in [-0.4, -0.2) is 29.9 Å². The molecule has 3 aromatic heterocycles. The van der Waals surface area contributed by atoms with Gasteiger partial charge in [-0.3, -0.25) is 0 Å². The van der Waals surface area contributed by atoms with Crippen LogP contribution in [-0.2, 0) is 10.8 Å². The van der Waals surface area contributed by atoms with Crippen molar-refractivity contribution in [3.63, 3.8) is 0 Å².